The largest absolute Gasteiger partial charge is 0.507 e. The molecule has 0 amide bonds. The number of rotatable bonds is 8. The Kier molecular flexibility index (Phi) is 9.78. The second kappa shape index (κ2) is 15.4. The van der Waals surface area contributed by atoms with Gasteiger partial charge in [0.25, 0.3) is 0 Å². The number of aromatic hydroxyl groups is 1. The number of benzene rings is 7. The summed E-state index contributed by atoms with van der Waals surface area (Å²) in [7, 11) is 0. The van der Waals surface area contributed by atoms with E-state index in [2.05, 4.69) is 185 Å². The summed E-state index contributed by atoms with van der Waals surface area (Å²) in [6, 6.07) is 61.5. The summed E-state index contributed by atoms with van der Waals surface area (Å²) < 4.78 is 2.23. The molecule has 0 spiro atoms. The number of para-hydroxylation sites is 2. The Labute approximate surface area is 347 Å². The highest BCUT2D eigenvalue weighted by Crippen LogP contribution is 2.42. The van der Waals surface area contributed by atoms with Gasteiger partial charge < -0.3 is 5.11 Å². The highest BCUT2D eigenvalue weighted by Gasteiger charge is 2.24. The molecule has 9 aromatic rings. The number of imidazole rings is 1. The quantitative estimate of drug-likeness (QED) is 0.168. The lowest BCUT2D eigenvalue weighted by Crippen LogP contribution is -2.11. The first-order chi connectivity index (χ1) is 28.6. The van der Waals surface area contributed by atoms with Crippen molar-refractivity contribution in [3.05, 3.63) is 193 Å². The summed E-state index contributed by atoms with van der Waals surface area (Å²) >= 11 is 0. The van der Waals surface area contributed by atoms with E-state index in [0.717, 1.165) is 61.4 Å². The van der Waals surface area contributed by atoms with Crippen molar-refractivity contribution in [2.45, 2.75) is 46.0 Å². The molecule has 4 heteroatoms. The average Bonchev–Trinajstić information content (AvgIpc) is 3.66. The number of nitrogens with zero attached hydrogens (tertiary/aromatic N) is 3. The zero-order chi connectivity index (χ0) is 40.7. The molecule has 59 heavy (non-hydrogen) atoms. The molecule has 0 aliphatic heterocycles. The minimum atomic E-state index is -0.132. The molecule has 9 rings (SSSR count). The van der Waals surface area contributed by atoms with Gasteiger partial charge in [-0.15, -0.1) is 0 Å². The molecule has 0 unspecified atom stereocenters. The number of phenols is 1. The van der Waals surface area contributed by atoms with E-state index in [9.17, 15) is 5.11 Å². The Morgan fingerprint density at radius 1 is 0.508 bits per heavy atom. The zero-order valence-electron chi connectivity index (χ0n) is 34.2. The van der Waals surface area contributed by atoms with Gasteiger partial charge in [0.15, 0.2) is 0 Å². The number of fused-ring (bicyclic) bond motifs is 1. The van der Waals surface area contributed by atoms with Crippen LogP contribution in [0, 0.1) is 0 Å². The molecule has 1 N–H and O–H groups in total. The molecule has 0 atom stereocenters. The first-order valence-corrected chi connectivity index (χ1v) is 20.4. The van der Waals surface area contributed by atoms with Crippen molar-refractivity contribution in [1.82, 2.24) is 14.5 Å². The van der Waals surface area contributed by atoms with Crippen LogP contribution in [0.15, 0.2) is 182 Å². The Morgan fingerprint density at radius 2 is 1.14 bits per heavy atom. The van der Waals surface area contributed by atoms with E-state index in [-0.39, 0.29) is 11.2 Å². The monoisotopic (exact) mass is 765 g/mol. The van der Waals surface area contributed by atoms with E-state index in [1.54, 1.807) is 6.07 Å². The van der Waals surface area contributed by atoms with Gasteiger partial charge in [0, 0.05) is 22.9 Å². The molecular formula is C55H47N3O. The van der Waals surface area contributed by atoms with E-state index in [4.69, 9.17) is 9.97 Å². The molecule has 0 saturated carbocycles. The lowest BCUT2D eigenvalue weighted by Gasteiger charge is -2.22. The van der Waals surface area contributed by atoms with Gasteiger partial charge in [-0.1, -0.05) is 156 Å². The Morgan fingerprint density at radius 3 is 1.83 bits per heavy atom. The summed E-state index contributed by atoms with van der Waals surface area (Å²) in [4.78, 5) is 10.4. The summed E-state index contributed by atoms with van der Waals surface area (Å²) in [5.41, 5.74) is 16.7. The summed E-state index contributed by atoms with van der Waals surface area (Å²) in [6.07, 6.45) is 1.91. The predicted octanol–water partition coefficient (Wildman–Crippen LogP) is 14.5. The van der Waals surface area contributed by atoms with Gasteiger partial charge in [0.2, 0.25) is 0 Å². The molecule has 0 saturated heterocycles. The Hall–Kier alpha value is -7.04. The summed E-state index contributed by atoms with van der Waals surface area (Å²) in [6.45, 7) is 11.2. The van der Waals surface area contributed by atoms with Gasteiger partial charge in [0.1, 0.15) is 11.6 Å². The van der Waals surface area contributed by atoms with Crippen molar-refractivity contribution < 1.29 is 5.11 Å². The second-order valence-electron chi connectivity index (χ2n) is 16.7. The average molecular weight is 766 g/mol. The predicted molar refractivity (Wildman–Crippen MR) is 246 cm³/mol. The van der Waals surface area contributed by atoms with E-state index < -0.39 is 0 Å². The van der Waals surface area contributed by atoms with Gasteiger partial charge in [-0.3, -0.25) is 9.55 Å². The molecular weight excluding hydrogens is 719 g/mol. The fraction of sp³-hybridized carbons (Fsp3) is 0.127. The first-order valence-electron chi connectivity index (χ1n) is 20.4. The van der Waals surface area contributed by atoms with Crippen molar-refractivity contribution in [1.29, 1.82) is 0 Å². The molecule has 2 aromatic heterocycles. The number of phenolic OH excluding ortho intramolecular Hbond substituents is 1. The third kappa shape index (κ3) is 7.35. The van der Waals surface area contributed by atoms with Crippen LogP contribution in [0.25, 0.3) is 83.9 Å². The molecule has 0 fully saturated rings. The number of hydrogen-bond acceptors (Lipinski definition) is 3. The van der Waals surface area contributed by atoms with Crippen LogP contribution in [0.1, 0.15) is 51.7 Å². The number of pyridine rings is 1. The molecule has 7 aromatic carbocycles. The highest BCUT2D eigenvalue weighted by molar-refractivity contribution is 5.97. The summed E-state index contributed by atoms with van der Waals surface area (Å²) in [5.74, 6) is 1.22. The van der Waals surface area contributed by atoms with Crippen molar-refractivity contribution in [3.8, 4) is 78.6 Å². The van der Waals surface area contributed by atoms with Gasteiger partial charge in [-0.2, -0.15) is 0 Å². The summed E-state index contributed by atoms with van der Waals surface area (Å²) in [5, 5.41) is 11.3. The van der Waals surface area contributed by atoms with Crippen LogP contribution >= 0.6 is 0 Å². The standard InChI is InChI=1S/C55H47N3O/c1-36(2)41-27-28-50(48(34-41)40-17-10-7-11-18-40)58-51-21-14-20-46(53(51)57-54(58)47-19-12-13-22-52(47)59)43-31-44(33-45(32-43)55(3,4)5)49-35-42(29-30-56-49)39-25-23-38(24-26-39)37-15-8-6-9-16-37/h6-36,59H,1-5H3. The highest BCUT2D eigenvalue weighted by atomic mass is 16.3. The van der Waals surface area contributed by atoms with Crippen LogP contribution in [0.4, 0.5) is 0 Å². The van der Waals surface area contributed by atoms with Crippen LogP contribution in [0.5, 0.6) is 5.75 Å². The van der Waals surface area contributed by atoms with Crippen LogP contribution in [0.3, 0.4) is 0 Å². The zero-order valence-corrected chi connectivity index (χ0v) is 34.2. The SMILES string of the molecule is CC(C)c1ccc(-n2c(-c3ccccc3O)nc3c(-c4cc(-c5cc(-c6ccc(-c7ccccc7)cc6)ccn5)cc(C(C)(C)C)c4)cccc32)c(-c2ccccc2)c1. The van der Waals surface area contributed by atoms with Crippen LogP contribution in [-0.4, -0.2) is 19.6 Å². The van der Waals surface area contributed by atoms with E-state index in [1.807, 2.05) is 30.5 Å². The molecule has 288 valence electrons. The van der Waals surface area contributed by atoms with Crippen molar-refractivity contribution in [3.63, 3.8) is 0 Å². The van der Waals surface area contributed by atoms with Crippen LogP contribution in [0.2, 0.25) is 0 Å². The maximum absolute atomic E-state index is 11.3. The third-order valence-corrected chi connectivity index (χ3v) is 11.3. The van der Waals surface area contributed by atoms with E-state index in [1.165, 1.54) is 22.3 Å². The van der Waals surface area contributed by atoms with Crippen molar-refractivity contribution in [2.75, 3.05) is 0 Å². The lowest BCUT2D eigenvalue weighted by molar-refractivity contribution is 0.477. The van der Waals surface area contributed by atoms with Crippen molar-refractivity contribution >= 4 is 11.0 Å². The number of aromatic nitrogens is 3. The topological polar surface area (TPSA) is 50.9 Å². The molecule has 0 aliphatic rings. The minimum Gasteiger partial charge on any atom is -0.507 e. The van der Waals surface area contributed by atoms with Crippen LogP contribution in [-0.2, 0) is 5.41 Å². The number of hydrogen-bond donors (Lipinski definition) is 1. The van der Waals surface area contributed by atoms with Gasteiger partial charge >= 0.3 is 0 Å². The molecule has 0 radical (unpaired) electrons. The molecule has 4 nitrogen and oxygen atoms in total. The fourth-order valence-corrected chi connectivity index (χ4v) is 7.99. The van der Waals surface area contributed by atoms with E-state index >= 15 is 0 Å². The van der Waals surface area contributed by atoms with Gasteiger partial charge in [-0.25, -0.2) is 4.98 Å². The lowest BCUT2D eigenvalue weighted by atomic mass is 9.83. The maximum atomic E-state index is 11.3. The normalized spacial score (nSPS) is 11.7. The Balaban J connectivity index is 1.23. The van der Waals surface area contributed by atoms with E-state index in [0.29, 0.717) is 17.3 Å². The minimum absolute atomic E-state index is 0.132. The van der Waals surface area contributed by atoms with Crippen LogP contribution < -0.4 is 0 Å². The Bertz CT molecular complexity index is 2940. The maximum Gasteiger partial charge on any atom is 0.149 e. The fourth-order valence-electron chi connectivity index (χ4n) is 7.99. The third-order valence-electron chi connectivity index (χ3n) is 11.3. The van der Waals surface area contributed by atoms with Gasteiger partial charge in [0.05, 0.1) is 28.0 Å². The van der Waals surface area contributed by atoms with Crippen molar-refractivity contribution in [2.24, 2.45) is 0 Å². The smallest absolute Gasteiger partial charge is 0.149 e. The van der Waals surface area contributed by atoms with Gasteiger partial charge in [-0.05, 0) is 110 Å². The first kappa shape index (κ1) is 37.5. The second-order valence-corrected chi connectivity index (χ2v) is 16.7. The molecule has 2 heterocycles. The molecule has 0 bridgehead atoms. The molecule has 0 aliphatic carbocycles.